The molecule has 1 aromatic carbocycles. The SMILES string of the molecule is CC(C)C1(C)CNc2ccc(C(F)(F)F)cc21. The van der Waals surface area contributed by atoms with Gasteiger partial charge in [0, 0.05) is 17.6 Å². The minimum atomic E-state index is -4.27. The molecule has 2 rings (SSSR count). The Labute approximate surface area is 99.0 Å². The summed E-state index contributed by atoms with van der Waals surface area (Å²) in [5.41, 5.74) is 0.819. The molecule has 0 spiro atoms. The van der Waals surface area contributed by atoms with Gasteiger partial charge in [0.25, 0.3) is 0 Å². The quantitative estimate of drug-likeness (QED) is 0.784. The van der Waals surface area contributed by atoms with Crippen LogP contribution in [0, 0.1) is 5.92 Å². The predicted molar refractivity (Wildman–Crippen MR) is 62.1 cm³/mol. The number of hydrogen-bond donors (Lipinski definition) is 1. The first kappa shape index (κ1) is 12.3. The number of nitrogens with one attached hydrogen (secondary N) is 1. The number of benzene rings is 1. The highest BCUT2D eigenvalue weighted by Gasteiger charge is 2.39. The Kier molecular flexibility index (Phi) is 2.64. The summed E-state index contributed by atoms with van der Waals surface area (Å²) in [5, 5.41) is 3.18. The summed E-state index contributed by atoms with van der Waals surface area (Å²) in [7, 11) is 0. The van der Waals surface area contributed by atoms with Gasteiger partial charge in [-0.3, -0.25) is 0 Å². The van der Waals surface area contributed by atoms with Crippen molar-refractivity contribution in [2.24, 2.45) is 5.92 Å². The van der Waals surface area contributed by atoms with Gasteiger partial charge in [-0.1, -0.05) is 20.8 Å². The topological polar surface area (TPSA) is 12.0 Å². The first-order valence-corrected chi connectivity index (χ1v) is 5.71. The fourth-order valence-corrected chi connectivity index (χ4v) is 2.24. The highest BCUT2D eigenvalue weighted by atomic mass is 19.4. The van der Waals surface area contributed by atoms with Gasteiger partial charge in [0.1, 0.15) is 0 Å². The second-order valence-electron chi connectivity index (χ2n) is 5.18. The van der Waals surface area contributed by atoms with Crippen LogP contribution in [0.4, 0.5) is 18.9 Å². The van der Waals surface area contributed by atoms with Gasteiger partial charge in [-0.2, -0.15) is 13.2 Å². The molecule has 0 fully saturated rings. The van der Waals surface area contributed by atoms with Crippen molar-refractivity contribution in [1.29, 1.82) is 0 Å². The molecule has 0 bridgehead atoms. The summed E-state index contributed by atoms with van der Waals surface area (Å²) in [6.07, 6.45) is -4.27. The van der Waals surface area contributed by atoms with Crippen LogP contribution in [0.15, 0.2) is 18.2 Å². The van der Waals surface area contributed by atoms with E-state index in [1.807, 2.05) is 20.8 Å². The van der Waals surface area contributed by atoms with Crippen LogP contribution in [-0.2, 0) is 11.6 Å². The van der Waals surface area contributed by atoms with Crippen LogP contribution in [-0.4, -0.2) is 6.54 Å². The van der Waals surface area contributed by atoms with E-state index in [4.69, 9.17) is 0 Å². The molecular formula is C13H16F3N. The van der Waals surface area contributed by atoms with E-state index in [-0.39, 0.29) is 5.41 Å². The summed E-state index contributed by atoms with van der Waals surface area (Å²) >= 11 is 0. The van der Waals surface area contributed by atoms with E-state index in [1.54, 1.807) is 0 Å². The molecule has 1 aromatic rings. The molecule has 1 atom stereocenters. The van der Waals surface area contributed by atoms with Crippen LogP contribution < -0.4 is 5.32 Å². The van der Waals surface area contributed by atoms with Crippen LogP contribution in [0.25, 0.3) is 0 Å². The molecule has 0 amide bonds. The number of halogens is 3. The van der Waals surface area contributed by atoms with Gasteiger partial charge in [-0.15, -0.1) is 0 Å². The molecule has 17 heavy (non-hydrogen) atoms. The molecule has 94 valence electrons. The number of rotatable bonds is 1. The lowest BCUT2D eigenvalue weighted by molar-refractivity contribution is -0.137. The molecule has 0 saturated heterocycles. The van der Waals surface area contributed by atoms with Crippen molar-refractivity contribution in [3.63, 3.8) is 0 Å². The standard InChI is InChI=1S/C13H16F3N/c1-8(2)12(3)7-17-11-5-4-9(6-10(11)12)13(14,15)16/h4-6,8,17H,7H2,1-3H3. The molecule has 1 aliphatic heterocycles. The molecule has 1 nitrogen and oxygen atoms in total. The second kappa shape index (κ2) is 3.65. The highest BCUT2D eigenvalue weighted by molar-refractivity contribution is 5.61. The van der Waals surface area contributed by atoms with E-state index in [0.717, 1.165) is 17.3 Å². The minimum Gasteiger partial charge on any atom is -0.384 e. The monoisotopic (exact) mass is 243 g/mol. The van der Waals surface area contributed by atoms with Crippen molar-refractivity contribution in [3.05, 3.63) is 29.3 Å². The molecule has 0 radical (unpaired) electrons. The Hall–Kier alpha value is -1.19. The van der Waals surface area contributed by atoms with Crippen LogP contribution in [0.2, 0.25) is 0 Å². The van der Waals surface area contributed by atoms with Gasteiger partial charge >= 0.3 is 6.18 Å². The number of hydrogen-bond acceptors (Lipinski definition) is 1. The average Bonchev–Trinajstić information content (AvgIpc) is 2.56. The van der Waals surface area contributed by atoms with E-state index in [2.05, 4.69) is 5.32 Å². The molecular weight excluding hydrogens is 227 g/mol. The fraction of sp³-hybridized carbons (Fsp3) is 0.538. The lowest BCUT2D eigenvalue weighted by Crippen LogP contribution is -2.30. The van der Waals surface area contributed by atoms with Crippen LogP contribution in [0.3, 0.4) is 0 Å². The maximum atomic E-state index is 12.7. The summed E-state index contributed by atoms with van der Waals surface area (Å²) in [4.78, 5) is 0. The molecule has 1 N–H and O–H groups in total. The molecule has 4 heteroatoms. The van der Waals surface area contributed by atoms with Crippen LogP contribution in [0.5, 0.6) is 0 Å². The fourth-order valence-electron chi connectivity index (χ4n) is 2.24. The van der Waals surface area contributed by atoms with E-state index in [1.165, 1.54) is 12.1 Å². The lowest BCUT2D eigenvalue weighted by atomic mass is 9.74. The Bertz CT molecular complexity index is 437. The summed E-state index contributed by atoms with van der Waals surface area (Å²) < 4.78 is 38.1. The van der Waals surface area contributed by atoms with Gasteiger partial charge in [0.2, 0.25) is 0 Å². The largest absolute Gasteiger partial charge is 0.416 e. The molecule has 0 aliphatic carbocycles. The third kappa shape index (κ3) is 1.90. The van der Waals surface area contributed by atoms with Crippen molar-refractivity contribution in [2.45, 2.75) is 32.4 Å². The number of alkyl halides is 3. The van der Waals surface area contributed by atoms with Crippen molar-refractivity contribution in [3.8, 4) is 0 Å². The summed E-state index contributed by atoms with van der Waals surface area (Å²) in [6.45, 7) is 6.78. The summed E-state index contributed by atoms with van der Waals surface area (Å²) in [5.74, 6) is 0.291. The zero-order valence-corrected chi connectivity index (χ0v) is 10.2. The van der Waals surface area contributed by atoms with E-state index >= 15 is 0 Å². The first-order chi connectivity index (χ1) is 7.75. The summed E-state index contributed by atoms with van der Waals surface area (Å²) in [6, 6.07) is 3.96. The van der Waals surface area contributed by atoms with E-state index in [0.29, 0.717) is 12.5 Å². The van der Waals surface area contributed by atoms with Crippen molar-refractivity contribution in [2.75, 3.05) is 11.9 Å². The van der Waals surface area contributed by atoms with Gasteiger partial charge in [0.05, 0.1) is 5.56 Å². The minimum absolute atomic E-state index is 0.226. The van der Waals surface area contributed by atoms with Gasteiger partial charge in [-0.25, -0.2) is 0 Å². The Morgan fingerprint density at radius 2 is 1.94 bits per heavy atom. The Balaban J connectivity index is 2.52. The third-order valence-electron chi connectivity index (χ3n) is 3.88. The van der Waals surface area contributed by atoms with Crippen molar-refractivity contribution < 1.29 is 13.2 Å². The van der Waals surface area contributed by atoms with E-state index < -0.39 is 11.7 Å². The van der Waals surface area contributed by atoms with Crippen molar-refractivity contribution >= 4 is 5.69 Å². The molecule has 1 aliphatic rings. The molecule has 1 unspecified atom stereocenters. The number of anilines is 1. The zero-order chi connectivity index (χ0) is 12.8. The maximum absolute atomic E-state index is 12.7. The normalized spacial score (nSPS) is 23.7. The van der Waals surface area contributed by atoms with Crippen molar-refractivity contribution in [1.82, 2.24) is 0 Å². The van der Waals surface area contributed by atoms with Gasteiger partial charge in [0.15, 0.2) is 0 Å². The molecule has 1 heterocycles. The van der Waals surface area contributed by atoms with Crippen LogP contribution in [0.1, 0.15) is 31.9 Å². The molecule has 0 aromatic heterocycles. The van der Waals surface area contributed by atoms with E-state index in [9.17, 15) is 13.2 Å². The van der Waals surface area contributed by atoms with Gasteiger partial charge in [-0.05, 0) is 29.7 Å². The Morgan fingerprint density at radius 1 is 1.29 bits per heavy atom. The highest BCUT2D eigenvalue weighted by Crippen LogP contribution is 2.44. The van der Waals surface area contributed by atoms with Gasteiger partial charge < -0.3 is 5.32 Å². The lowest BCUT2D eigenvalue weighted by Gasteiger charge is -2.29. The first-order valence-electron chi connectivity index (χ1n) is 5.71. The maximum Gasteiger partial charge on any atom is 0.416 e. The number of fused-ring (bicyclic) bond motifs is 1. The smallest absolute Gasteiger partial charge is 0.384 e. The zero-order valence-electron chi connectivity index (χ0n) is 10.2. The van der Waals surface area contributed by atoms with Crippen LogP contribution >= 0.6 is 0 Å². The predicted octanol–water partition coefficient (Wildman–Crippen LogP) is 4.04. The molecule has 0 saturated carbocycles. The third-order valence-corrected chi connectivity index (χ3v) is 3.88. The Morgan fingerprint density at radius 3 is 2.47 bits per heavy atom. The average molecular weight is 243 g/mol. The second-order valence-corrected chi connectivity index (χ2v) is 5.18.